The highest BCUT2D eigenvalue weighted by atomic mass is 35.7. The van der Waals surface area contributed by atoms with E-state index in [1.165, 1.54) is 0 Å². The van der Waals surface area contributed by atoms with Crippen molar-refractivity contribution in [1.82, 2.24) is 0 Å². The van der Waals surface area contributed by atoms with E-state index in [2.05, 4.69) is 4.74 Å². The Morgan fingerprint density at radius 1 is 1.47 bits per heavy atom. The topological polar surface area (TPSA) is 60.4 Å². The molecule has 1 rings (SSSR count). The van der Waals surface area contributed by atoms with Crippen LogP contribution in [0.5, 0.6) is 0 Å². The fourth-order valence-corrected chi connectivity index (χ4v) is 1.69. The van der Waals surface area contributed by atoms with Crippen molar-refractivity contribution in [2.45, 2.75) is 4.90 Å². The molecule has 0 aliphatic heterocycles. The van der Waals surface area contributed by atoms with Gasteiger partial charge in [0.25, 0.3) is 9.05 Å². The maximum absolute atomic E-state index is 13.2. The Morgan fingerprint density at radius 3 is 2.47 bits per heavy atom. The SMILES string of the molecule is COC(=O)c1ccc(S(=O)(=O)Cl)cc1F. The summed E-state index contributed by atoms with van der Waals surface area (Å²) < 4.78 is 39.1. The molecule has 0 saturated heterocycles. The minimum Gasteiger partial charge on any atom is -0.465 e. The summed E-state index contributed by atoms with van der Waals surface area (Å²) in [5.41, 5.74) is -0.346. The normalized spacial score (nSPS) is 11.1. The summed E-state index contributed by atoms with van der Waals surface area (Å²) in [6.45, 7) is 0. The fraction of sp³-hybridized carbons (Fsp3) is 0.125. The maximum Gasteiger partial charge on any atom is 0.340 e. The molecule has 0 N–H and O–H groups in total. The first-order valence-corrected chi connectivity index (χ1v) is 5.99. The predicted octanol–water partition coefficient (Wildman–Crippen LogP) is 1.54. The highest BCUT2D eigenvalue weighted by molar-refractivity contribution is 8.13. The molecule has 0 amide bonds. The van der Waals surface area contributed by atoms with Crippen LogP contribution in [-0.2, 0) is 13.8 Å². The van der Waals surface area contributed by atoms with Crippen molar-refractivity contribution in [2.24, 2.45) is 0 Å². The van der Waals surface area contributed by atoms with E-state index in [-0.39, 0.29) is 5.56 Å². The van der Waals surface area contributed by atoms with E-state index in [0.717, 1.165) is 19.2 Å². The predicted molar refractivity (Wildman–Crippen MR) is 50.8 cm³/mol. The summed E-state index contributed by atoms with van der Waals surface area (Å²) in [6.07, 6.45) is 0. The second kappa shape index (κ2) is 4.16. The third kappa shape index (κ3) is 2.66. The number of hydrogen-bond acceptors (Lipinski definition) is 4. The zero-order valence-corrected chi connectivity index (χ0v) is 9.10. The first-order chi connectivity index (χ1) is 6.86. The number of rotatable bonds is 2. The number of hydrogen-bond donors (Lipinski definition) is 0. The lowest BCUT2D eigenvalue weighted by atomic mass is 10.2. The minimum atomic E-state index is -3.99. The molecule has 0 aliphatic carbocycles. The van der Waals surface area contributed by atoms with Crippen molar-refractivity contribution in [2.75, 3.05) is 7.11 Å². The zero-order valence-electron chi connectivity index (χ0n) is 7.53. The molecule has 0 fully saturated rings. The molecule has 0 aliphatic rings. The summed E-state index contributed by atoms with van der Waals surface area (Å²) >= 11 is 0. The van der Waals surface area contributed by atoms with Gasteiger partial charge in [0.1, 0.15) is 5.82 Å². The Bertz CT molecular complexity index is 497. The molecule has 0 aromatic heterocycles. The Labute approximate surface area is 90.0 Å². The van der Waals surface area contributed by atoms with Crippen LogP contribution in [0.15, 0.2) is 23.1 Å². The Morgan fingerprint density at radius 2 is 2.07 bits per heavy atom. The second-order valence-electron chi connectivity index (χ2n) is 2.57. The summed E-state index contributed by atoms with van der Waals surface area (Å²) in [7, 11) is 2.08. The van der Waals surface area contributed by atoms with Crippen LogP contribution in [0.4, 0.5) is 4.39 Å². The number of carbonyl (C=O) groups excluding carboxylic acids is 1. The number of ether oxygens (including phenoxy) is 1. The molecule has 0 heterocycles. The van der Waals surface area contributed by atoms with Gasteiger partial charge < -0.3 is 4.74 Å². The Kier molecular flexibility index (Phi) is 3.31. The van der Waals surface area contributed by atoms with Gasteiger partial charge in [-0.25, -0.2) is 17.6 Å². The number of halogens is 2. The monoisotopic (exact) mass is 252 g/mol. The smallest absolute Gasteiger partial charge is 0.340 e. The van der Waals surface area contributed by atoms with E-state index in [1.54, 1.807) is 0 Å². The lowest BCUT2D eigenvalue weighted by Gasteiger charge is -2.02. The number of carbonyl (C=O) groups is 1. The molecule has 0 radical (unpaired) electrons. The van der Waals surface area contributed by atoms with Gasteiger partial charge >= 0.3 is 5.97 Å². The number of esters is 1. The van der Waals surface area contributed by atoms with Gasteiger partial charge in [0.05, 0.1) is 17.6 Å². The summed E-state index contributed by atoms with van der Waals surface area (Å²) in [4.78, 5) is 10.5. The standard InChI is InChI=1S/C8H6ClFO4S/c1-14-8(11)6-3-2-5(4-7(6)10)15(9,12)13/h2-4H,1H3. The molecule has 0 spiro atoms. The lowest BCUT2D eigenvalue weighted by molar-refractivity contribution is 0.0595. The van der Waals surface area contributed by atoms with Crippen molar-refractivity contribution in [3.63, 3.8) is 0 Å². The van der Waals surface area contributed by atoms with E-state index >= 15 is 0 Å². The van der Waals surface area contributed by atoms with Crippen molar-refractivity contribution in [3.8, 4) is 0 Å². The molecule has 0 bridgehead atoms. The number of methoxy groups -OCH3 is 1. The van der Waals surface area contributed by atoms with Gasteiger partial charge in [0.15, 0.2) is 0 Å². The van der Waals surface area contributed by atoms with E-state index < -0.39 is 25.7 Å². The fourth-order valence-electron chi connectivity index (χ4n) is 0.923. The Hall–Kier alpha value is -1.14. The first-order valence-electron chi connectivity index (χ1n) is 3.69. The van der Waals surface area contributed by atoms with Gasteiger partial charge in [-0.3, -0.25) is 0 Å². The van der Waals surface area contributed by atoms with Crippen molar-refractivity contribution in [1.29, 1.82) is 0 Å². The van der Waals surface area contributed by atoms with Crippen LogP contribution in [-0.4, -0.2) is 21.5 Å². The summed E-state index contributed by atoms with van der Waals surface area (Å²) in [5.74, 6) is -1.88. The van der Waals surface area contributed by atoms with Gasteiger partial charge in [0, 0.05) is 10.7 Å². The van der Waals surface area contributed by atoms with E-state index in [1.807, 2.05) is 0 Å². The quantitative estimate of drug-likeness (QED) is 0.592. The van der Waals surface area contributed by atoms with Crippen molar-refractivity contribution < 1.29 is 22.3 Å². The van der Waals surface area contributed by atoms with Crippen LogP contribution in [0.2, 0.25) is 0 Å². The van der Waals surface area contributed by atoms with E-state index in [0.29, 0.717) is 6.07 Å². The molecule has 1 aromatic rings. The highest BCUT2D eigenvalue weighted by Crippen LogP contribution is 2.18. The summed E-state index contributed by atoms with van der Waals surface area (Å²) in [5, 5.41) is 0. The van der Waals surface area contributed by atoms with Crippen LogP contribution in [0.1, 0.15) is 10.4 Å². The van der Waals surface area contributed by atoms with E-state index in [9.17, 15) is 17.6 Å². The van der Waals surface area contributed by atoms with Crippen LogP contribution >= 0.6 is 10.7 Å². The zero-order chi connectivity index (χ0) is 11.6. The van der Waals surface area contributed by atoms with Gasteiger partial charge in [-0.2, -0.15) is 0 Å². The molecule has 1 aromatic carbocycles. The van der Waals surface area contributed by atoms with Gasteiger partial charge in [0.2, 0.25) is 0 Å². The Balaban J connectivity index is 3.27. The largest absolute Gasteiger partial charge is 0.465 e. The van der Waals surface area contributed by atoms with E-state index in [4.69, 9.17) is 10.7 Å². The molecule has 0 atom stereocenters. The molecule has 15 heavy (non-hydrogen) atoms. The molecular formula is C8H6ClFO4S. The van der Waals surface area contributed by atoms with Crippen LogP contribution in [0.3, 0.4) is 0 Å². The molecular weight excluding hydrogens is 247 g/mol. The maximum atomic E-state index is 13.2. The molecule has 7 heteroatoms. The van der Waals surface area contributed by atoms with Crippen molar-refractivity contribution in [3.05, 3.63) is 29.6 Å². The van der Waals surface area contributed by atoms with Gasteiger partial charge in [-0.15, -0.1) is 0 Å². The number of benzene rings is 1. The molecule has 4 nitrogen and oxygen atoms in total. The molecule has 82 valence electrons. The minimum absolute atomic E-state index is 0.346. The third-order valence-electron chi connectivity index (χ3n) is 1.63. The average molecular weight is 253 g/mol. The summed E-state index contributed by atoms with van der Waals surface area (Å²) in [6, 6.07) is 2.68. The van der Waals surface area contributed by atoms with Crippen LogP contribution in [0.25, 0.3) is 0 Å². The van der Waals surface area contributed by atoms with Crippen molar-refractivity contribution >= 4 is 25.7 Å². The van der Waals surface area contributed by atoms with Gasteiger partial charge in [-0.05, 0) is 18.2 Å². The van der Waals surface area contributed by atoms with Crippen LogP contribution in [0, 0.1) is 5.82 Å². The third-order valence-corrected chi connectivity index (χ3v) is 2.98. The molecule has 0 unspecified atom stereocenters. The van der Waals surface area contributed by atoms with Crippen LogP contribution < -0.4 is 0 Å². The van der Waals surface area contributed by atoms with Gasteiger partial charge in [-0.1, -0.05) is 0 Å². The first kappa shape index (κ1) is 11.9. The lowest BCUT2D eigenvalue weighted by Crippen LogP contribution is -2.05. The highest BCUT2D eigenvalue weighted by Gasteiger charge is 2.17. The second-order valence-corrected chi connectivity index (χ2v) is 5.14. The molecule has 0 saturated carbocycles. The average Bonchev–Trinajstić information content (AvgIpc) is 2.15.